The molecule has 2 saturated heterocycles. The van der Waals surface area contributed by atoms with E-state index < -0.39 is 5.60 Å². The van der Waals surface area contributed by atoms with Crippen molar-refractivity contribution in [3.8, 4) is 0 Å². The minimum atomic E-state index is -0.401. The third kappa shape index (κ3) is 3.28. The van der Waals surface area contributed by atoms with Crippen molar-refractivity contribution in [1.82, 2.24) is 10.2 Å². The topological polar surface area (TPSA) is 41.6 Å². The summed E-state index contributed by atoms with van der Waals surface area (Å²) in [5, 5.41) is 3.57. The molecule has 4 nitrogen and oxygen atoms in total. The van der Waals surface area contributed by atoms with Crippen LogP contribution in [0.1, 0.15) is 27.2 Å². The van der Waals surface area contributed by atoms with Crippen LogP contribution in [0.2, 0.25) is 0 Å². The van der Waals surface area contributed by atoms with E-state index in [1.807, 2.05) is 37.4 Å². The van der Waals surface area contributed by atoms with Crippen LogP contribution in [0.3, 0.4) is 0 Å². The molecule has 0 aromatic rings. The molecule has 1 spiro atoms. The second-order valence-electron chi connectivity index (χ2n) is 5.91. The molecule has 1 atom stereocenters. The fourth-order valence-corrected chi connectivity index (χ4v) is 3.44. The largest absolute Gasteiger partial charge is 0.444 e. The highest BCUT2D eigenvalue weighted by atomic mass is 32.2. The number of thioether (sulfide) groups is 1. The van der Waals surface area contributed by atoms with E-state index in [1.54, 1.807) is 0 Å². The zero-order valence-corrected chi connectivity index (χ0v) is 11.7. The first-order chi connectivity index (χ1) is 7.90. The maximum atomic E-state index is 12.0. The Morgan fingerprint density at radius 2 is 2.24 bits per heavy atom. The van der Waals surface area contributed by atoms with Gasteiger partial charge in [-0.25, -0.2) is 4.79 Å². The zero-order chi connectivity index (χ0) is 12.5. The lowest BCUT2D eigenvalue weighted by atomic mass is 10.0. The van der Waals surface area contributed by atoms with E-state index in [-0.39, 0.29) is 11.6 Å². The van der Waals surface area contributed by atoms with Crippen LogP contribution < -0.4 is 5.32 Å². The number of amides is 1. The van der Waals surface area contributed by atoms with Crippen molar-refractivity contribution >= 4 is 17.9 Å². The van der Waals surface area contributed by atoms with E-state index >= 15 is 0 Å². The lowest BCUT2D eigenvalue weighted by molar-refractivity contribution is 0.0283. The van der Waals surface area contributed by atoms with E-state index in [0.717, 1.165) is 31.8 Å². The highest BCUT2D eigenvalue weighted by molar-refractivity contribution is 7.99. The molecule has 2 fully saturated rings. The number of carbonyl (C=O) groups is 1. The smallest absolute Gasteiger partial charge is 0.410 e. The predicted molar refractivity (Wildman–Crippen MR) is 70.5 cm³/mol. The number of ether oxygens (including phenoxy) is 1. The number of hydrogen-bond donors (Lipinski definition) is 1. The first-order valence-corrected chi connectivity index (χ1v) is 7.36. The molecule has 0 saturated carbocycles. The maximum Gasteiger partial charge on any atom is 0.410 e. The molecule has 0 aromatic carbocycles. The van der Waals surface area contributed by atoms with Gasteiger partial charge in [0.15, 0.2) is 0 Å². The molecule has 1 N–H and O–H groups in total. The van der Waals surface area contributed by atoms with Gasteiger partial charge in [-0.2, -0.15) is 11.8 Å². The Morgan fingerprint density at radius 1 is 1.47 bits per heavy atom. The quantitative estimate of drug-likeness (QED) is 0.718. The first-order valence-electron chi connectivity index (χ1n) is 6.21. The van der Waals surface area contributed by atoms with Gasteiger partial charge in [0.2, 0.25) is 0 Å². The minimum Gasteiger partial charge on any atom is -0.444 e. The van der Waals surface area contributed by atoms with Gasteiger partial charge < -0.3 is 15.0 Å². The van der Waals surface area contributed by atoms with Crippen molar-refractivity contribution in [2.45, 2.75) is 38.3 Å². The van der Waals surface area contributed by atoms with E-state index in [9.17, 15) is 4.79 Å². The molecule has 17 heavy (non-hydrogen) atoms. The van der Waals surface area contributed by atoms with Crippen molar-refractivity contribution in [3.63, 3.8) is 0 Å². The second-order valence-corrected chi connectivity index (χ2v) is 7.02. The molecule has 2 aliphatic rings. The summed E-state index contributed by atoms with van der Waals surface area (Å²) in [7, 11) is 0. The van der Waals surface area contributed by atoms with E-state index in [0.29, 0.717) is 0 Å². The molecule has 0 aliphatic carbocycles. The van der Waals surface area contributed by atoms with Gasteiger partial charge in [-0.15, -0.1) is 0 Å². The summed E-state index contributed by atoms with van der Waals surface area (Å²) in [6.45, 7) is 8.37. The lowest BCUT2D eigenvalue weighted by Crippen LogP contribution is -2.53. The van der Waals surface area contributed by atoms with Crippen molar-refractivity contribution in [2.24, 2.45) is 0 Å². The molecule has 0 unspecified atom stereocenters. The zero-order valence-electron chi connectivity index (χ0n) is 10.9. The number of carbonyl (C=O) groups excluding carboxylic acids is 1. The van der Waals surface area contributed by atoms with Crippen LogP contribution in [-0.2, 0) is 4.74 Å². The average molecular weight is 258 g/mol. The Morgan fingerprint density at radius 3 is 2.82 bits per heavy atom. The van der Waals surface area contributed by atoms with Gasteiger partial charge in [-0.05, 0) is 27.2 Å². The van der Waals surface area contributed by atoms with Crippen LogP contribution in [0, 0.1) is 0 Å². The lowest BCUT2D eigenvalue weighted by Gasteiger charge is -2.34. The number of nitrogens with one attached hydrogen (secondary N) is 1. The van der Waals surface area contributed by atoms with Crippen molar-refractivity contribution in [2.75, 3.05) is 31.1 Å². The van der Waals surface area contributed by atoms with Crippen LogP contribution in [-0.4, -0.2) is 53.3 Å². The van der Waals surface area contributed by atoms with Gasteiger partial charge in [0.1, 0.15) is 5.60 Å². The molecule has 98 valence electrons. The Balaban J connectivity index is 1.91. The second kappa shape index (κ2) is 4.69. The Bertz CT molecular complexity index is 295. The number of likely N-dealkylation sites (tertiary alicyclic amines) is 1. The molecular formula is C12H22N2O2S. The van der Waals surface area contributed by atoms with Crippen LogP contribution in [0.15, 0.2) is 0 Å². The standard InChI is InChI=1S/C12H22N2O2S/c1-11(2,3)16-10(15)14-6-4-12(8-14)9-17-7-5-13-12/h13H,4-9H2,1-3H3/t12-/m0/s1. The first kappa shape index (κ1) is 13.0. The Kier molecular flexibility index (Phi) is 3.59. The highest BCUT2D eigenvalue weighted by Gasteiger charge is 2.41. The van der Waals surface area contributed by atoms with Gasteiger partial charge in [-0.1, -0.05) is 0 Å². The van der Waals surface area contributed by atoms with Crippen molar-refractivity contribution in [3.05, 3.63) is 0 Å². The van der Waals surface area contributed by atoms with Crippen LogP contribution in [0.4, 0.5) is 4.79 Å². The SMILES string of the molecule is CC(C)(C)OC(=O)N1CC[C@@]2(CSCCN2)C1. The molecule has 1 amide bonds. The molecule has 0 radical (unpaired) electrons. The highest BCUT2D eigenvalue weighted by Crippen LogP contribution is 2.29. The van der Waals surface area contributed by atoms with Gasteiger partial charge in [0, 0.05) is 36.7 Å². The Hall–Kier alpha value is -0.420. The van der Waals surface area contributed by atoms with E-state index in [1.165, 1.54) is 5.75 Å². The fourth-order valence-electron chi connectivity index (χ4n) is 2.32. The van der Waals surface area contributed by atoms with E-state index in [2.05, 4.69) is 5.32 Å². The molecular weight excluding hydrogens is 236 g/mol. The molecule has 0 bridgehead atoms. The monoisotopic (exact) mass is 258 g/mol. The Labute approximate surface area is 107 Å². The van der Waals surface area contributed by atoms with Crippen LogP contribution >= 0.6 is 11.8 Å². The van der Waals surface area contributed by atoms with Crippen molar-refractivity contribution < 1.29 is 9.53 Å². The summed E-state index contributed by atoms with van der Waals surface area (Å²) in [5.74, 6) is 2.28. The summed E-state index contributed by atoms with van der Waals surface area (Å²) >= 11 is 1.98. The number of hydrogen-bond acceptors (Lipinski definition) is 4. The summed E-state index contributed by atoms with van der Waals surface area (Å²) in [5.41, 5.74) is -0.262. The molecule has 5 heteroatoms. The molecule has 0 aromatic heterocycles. The maximum absolute atomic E-state index is 12.0. The van der Waals surface area contributed by atoms with E-state index in [4.69, 9.17) is 4.74 Å². The van der Waals surface area contributed by atoms with Gasteiger partial charge in [0.05, 0.1) is 0 Å². The molecule has 2 aliphatic heterocycles. The third-order valence-electron chi connectivity index (χ3n) is 3.13. The van der Waals surface area contributed by atoms with Crippen LogP contribution in [0.25, 0.3) is 0 Å². The summed E-state index contributed by atoms with van der Waals surface area (Å²) in [4.78, 5) is 13.8. The number of rotatable bonds is 0. The van der Waals surface area contributed by atoms with Crippen LogP contribution in [0.5, 0.6) is 0 Å². The molecule has 2 heterocycles. The number of nitrogens with zero attached hydrogens (tertiary/aromatic N) is 1. The van der Waals surface area contributed by atoms with Crippen molar-refractivity contribution in [1.29, 1.82) is 0 Å². The van der Waals surface area contributed by atoms with Gasteiger partial charge >= 0.3 is 6.09 Å². The summed E-state index contributed by atoms with van der Waals surface area (Å²) in [6, 6.07) is 0. The summed E-state index contributed by atoms with van der Waals surface area (Å²) in [6.07, 6.45) is 0.867. The summed E-state index contributed by atoms with van der Waals surface area (Å²) < 4.78 is 5.41. The third-order valence-corrected chi connectivity index (χ3v) is 4.38. The fraction of sp³-hybridized carbons (Fsp3) is 0.917. The van der Waals surface area contributed by atoms with Gasteiger partial charge in [0.25, 0.3) is 0 Å². The predicted octanol–water partition coefficient (Wildman–Crippen LogP) is 1.70. The average Bonchev–Trinajstić information content (AvgIpc) is 2.61. The van der Waals surface area contributed by atoms with Gasteiger partial charge in [-0.3, -0.25) is 0 Å². The minimum absolute atomic E-state index is 0.139. The molecule has 2 rings (SSSR count). The normalized spacial score (nSPS) is 29.7.